The van der Waals surface area contributed by atoms with Crippen molar-refractivity contribution in [1.82, 2.24) is 10.2 Å². The second-order valence-electron chi connectivity index (χ2n) is 6.31. The van der Waals surface area contributed by atoms with E-state index < -0.39 is 0 Å². The highest BCUT2D eigenvalue weighted by molar-refractivity contribution is 4.96. The molecule has 15 heavy (non-hydrogen) atoms. The molecule has 0 bridgehead atoms. The van der Waals surface area contributed by atoms with Crippen molar-refractivity contribution in [2.45, 2.75) is 59.8 Å². The third-order valence-electron chi connectivity index (χ3n) is 2.20. The van der Waals surface area contributed by atoms with Gasteiger partial charge in [0.25, 0.3) is 0 Å². The minimum Gasteiger partial charge on any atom is -0.425 e. The van der Waals surface area contributed by atoms with Crippen molar-refractivity contribution in [3.63, 3.8) is 0 Å². The summed E-state index contributed by atoms with van der Waals surface area (Å²) in [7, 11) is 0. The Labute approximate surface area is 92.3 Å². The van der Waals surface area contributed by atoms with E-state index in [4.69, 9.17) is 4.42 Å². The minimum atomic E-state index is -0.0486. The van der Waals surface area contributed by atoms with Crippen molar-refractivity contribution >= 4 is 0 Å². The van der Waals surface area contributed by atoms with E-state index in [2.05, 4.69) is 51.7 Å². The van der Waals surface area contributed by atoms with Crippen molar-refractivity contribution in [3.8, 4) is 0 Å². The molecule has 0 saturated carbocycles. The molecule has 0 N–H and O–H groups in total. The van der Waals surface area contributed by atoms with E-state index in [9.17, 15) is 0 Å². The van der Waals surface area contributed by atoms with E-state index >= 15 is 0 Å². The molecule has 0 saturated heterocycles. The maximum Gasteiger partial charge on any atom is 0.221 e. The summed E-state index contributed by atoms with van der Waals surface area (Å²) in [5.74, 6) is 1.49. The van der Waals surface area contributed by atoms with Crippen LogP contribution < -0.4 is 0 Å². The van der Waals surface area contributed by atoms with Gasteiger partial charge in [-0.3, -0.25) is 0 Å². The number of hydrogen-bond acceptors (Lipinski definition) is 3. The Kier molecular flexibility index (Phi) is 3.22. The summed E-state index contributed by atoms with van der Waals surface area (Å²) >= 11 is 0. The van der Waals surface area contributed by atoms with E-state index in [1.807, 2.05) is 0 Å². The summed E-state index contributed by atoms with van der Waals surface area (Å²) in [5, 5.41) is 8.14. The lowest BCUT2D eigenvalue weighted by Gasteiger charge is -2.16. The first-order valence-electron chi connectivity index (χ1n) is 5.51. The summed E-state index contributed by atoms with van der Waals surface area (Å²) in [5.41, 5.74) is 0.267. The Morgan fingerprint density at radius 3 is 2.00 bits per heavy atom. The van der Waals surface area contributed by atoms with E-state index in [1.165, 1.54) is 0 Å². The smallest absolute Gasteiger partial charge is 0.221 e. The minimum absolute atomic E-state index is 0.0486. The lowest BCUT2D eigenvalue weighted by atomic mass is 9.91. The van der Waals surface area contributed by atoms with E-state index in [1.54, 1.807) is 0 Å². The van der Waals surface area contributed by atoms with Gasteiger partial charge < -0.3 is 4.42 Å². The SMILES string of the molecule is CC(C)(C)CCc1nnc(C(C)(C)C)o1. The molecule has 0 radical (unpaired) electrons. The molecule has 0 fully saturated rings. The lowest BCUT2D eigenvalue weighted by molar-refractivity contribution is 0.332. The second-order valence-corrected chi connectivity index (χ2v) is 6.31. The zero-order valence-electron chi connectivity index (χ0n) is 10.7. The molecular weight excluding hydrogens is 188 g/mol. The third kappa shape index (κ3) is 4.02. The van der Waals surface area contributed by atoms with Gasteiger partial charge in [0.2, 0.25) is 11.8 Å². The lowest BCUT2D eigenvalue weighted by Crippen LogP contribution is -2.11. The van der Waals surface area contributed by atoms with Crippen molar-refractivity contribution in [2.75, 3.05) is 0 Å². The molecule has 0 unspecified atom stereocenters. The Hall–Kier alpha value is -0.860. The van der Waals surface area contributed by atoms with Gasteiger partial charge in [-0.25, -0.2) is 0 Å². The fraction of sp³-hybridized carbons (Fsp3) is 0.833. The maximum atomic E-state index is 5.62. The normalized spacial score (nSPS) is 13.2. The average molecular weight is 210 g/mol. The van der Waals surface area contributed by atoms with E-state index in [-0.39, 0.29) is 5.41 Å². The quantitative estimate of drug-likeness (QED) is 0.751. The number of nitrogens with zero attached hydrogens (tertiary/aromatic N) is 2. The second kappa shape index (κ2) is 3.95. The molecule has 0 aliphatic rings. The summed E-state index contributed by atoms with van der Waals surface area (Å²) in [6.45, 7) is 12.9. The highest BCUT2D eigenvalue weighted by Gasteiger charge is 2.21. The van der Waals surface area contributed by atoms with E-state index in [0.717, 1.165) is 24.6 Å². The topological polar surface area (TPSA) is 38.9 Å². The number of rotatable bonds is 2. The molecule has 1 rings (SSSR count). The molecule has 1 heterocycles. The number of aryl methyl sites for hydroxylation is 1. The van der Waals surface area contributed by atoms with Crippen LogP contribution in [0.25, 0.3) is 0 Å². The van der Waals surface area contributed by atoms with Gasteiger partial charge in [0.1, 0.15) is 0 Å². The molecule has 0 aliphatic carbocycles. The predicted molar refractivity (Wildman–Crippen MR) is 60.8 cm³/mol. The third-order valence-corrected chi connectivity index (χ3v) is 2.20. The summed E-state index contributed by atoms with van der Waals surface area (Å²) in [6.07, 6.45) is 1.94. The monoisotopic (exact) mass is 210 g/mol. The van der Waals surface area contributed by atoms with Crippen LogP contribution in [0, 0.1) is 5.41 Å². The van der Waals surface area contributed by atoms with Crippen molar-refractivity contribution < 1.29 is 4.42 Å². The van der Waals surface area contributed by atoms with Crippen LogP contribution in [0.4, 0.5) is 0 Å². The van der Waals surface area contributed by atoms with Gasteiger partial charge in [0, 0.05) is 11.8 Å². The fourth-order valence-electron chi connectivity index (χ4n) is 1.14. The molecule has 1 aromatic heterocycles. The first-order chi connectivity index (χ1) is 6.68. The highest BCUT2D eigenvalue weighted by atomic mass is 16.4. The predicted octanol–water partition coefficient (Wildman–Crippen LogP) is 3.35. The molecule has 0 atom stereocenters. The van der Waals surface area contributed by atoms with E-state index in [0.29, 0.717) is 5.41 Å². The van der Waals surface area contributed by atoms with Crippen LogP contribution in [0.1, 0.15) is 59.7 Å². The molecule has 1 aromatic rings. The molecular formula is C12H22N2O. The first kappa shape index (κ1) is 12.2. The Morgan fingerprint density at radius 1 is 1.00 bits per heavy atom. The van der Waals surface area contributed by atoms with Gasteiger partial charge in [-0.2, -0.15) is 0 Å². The van der Waals surface area contributed by atoms with Gasteiger partial charge in [0.15, 0.2) is 0 Å². The fourth-order valence-corrected chi connectivity index (χ4v) is 1.14. The first-order valence-corrected chi connectivity index (χ1v) is 5.51. The van der Waals surface area contributed by atoms with Gasteiger partial charge in [-0.1, -0.05) is 41.5 Å². The van der Waals surface area contributed by atoms with Crippen LogP contribution in [-0.2, 0) is 11.8 Å². The number of aromatic nitrogens is 2. The van der Waals surface area contributed by atoms with Crippen LogP contribution in [0.2, 0.25) is 0 Å². The largest absolute Gasteiger partial charge is 0.425 e. The van der Waals surface area contributed by atoms with Crippen LogP contribution in [0.5, 0.6) is 0 Å². The van der Waals surface area contributed by atoms with Crippen LogP contribution in [-0.4, -0.2) is 10.2 Å². The van der Waals surface area contributed by atoms with Crippen LogP contribution in [0.15, 0.2) is 4.42 Å². The Bertz CT molecular complexity index is 315. The van der Waals surface area contributed by atoms with Gasteiger partial charge >= 0.3 is 0 Å². The van der Waals surface area contributed by atoms with Crippen LogP contribution >= 0.6 is 0 Å². The van der Waals surface area contributed by atoms with Gasteiger partial charge in [0.05, 0.1) is 0 Å². The van der Waals surface area contributed by atoms with Crippen molar-refractivity contribution in [2.24, 2.45) is 5.41 Å². The van der Waals surface area contributed by atoms with Crippen molar-refractivity contribution in [1.29, 1.82) is 0 Å². The maximum absolute atomic E-state index is 5.62. The summed E-state index contributed by atoms with van der Waals surface area (Å²) < 4.78 is 5.62. The summed E-state index contributed by atoms with van der Waals surface area (Å²) in [6, 6.07) is 0. The van der Waals surface area contributed by atoms with Gasteiger partial charge in [-0.15, -0.1) is 10.2 Å². The molecule has 0 spiro atoms. The highest BCUT2D eigenvalue weighted by Crippen LogP contribution is 2.24. The molecule has 86 valence electrons. The molecule has 0 aliphatic heterocycles. The average Bonchev–Trinajstić information content (AvgIpc) is 2.45. The number of hydrogen-bond donors (Lipinski definition) is 0. The standard InChI is InChI=1S/C12H22N2O/c1-11(2,3)8-7-9-13-14-10(15-9)12(4,5)6/h7-8H2,1-6H3. The zero-order valence-corrected chi connectivity index (χ0v) is 10.7. The zero-order chi connectivity index (χ0) is 11.7. The Morgan fingerprint density at radius 2 is 1.60 bits per heavy atom. The summed E-state index contributed by atoms with van der Waals surface area (Å²) in [4.78, 5) is 0. The molecule has 3 nitrogen and oxygen atoms in total. The van der Waals surface area contributed by atoms with Gasteiger partial charge in [-0.05, 0) is 11.8 Å². The molecule has 3 heteroatoms. The van der Waals surface area contributed by atoms with Crippen molar-refractivity contribution in [3.05, 3.63) is 11.8 Å². The molecule has 0 amide bonds. The van der Waals surface area contributed by atoms with Crippen LogP contribution in [0.3, 0.4) is 0 Å². The molecule has 0 aromatic carbocycles. The Balaban J connectivity index is 2.62.